The van der Waals surface area contributed by atoms with E-state index in [-0.39, 0.29) is 12.0 Å². The maximum absolute atomic E-state index is 14.3. The second-order valence-electron chi connectivity index (χ2n) is 14.2. The van der Waals surface area contributed by atoms with E-state index in [0.717, 1.165) is 55.9 Å². The number of nitrogens with zero attached hydrogens (tertiary/aromatic N) is 3. The average Bonchev–Trinajstić information content (AvgIpc) is 3.25. The maximum Gasteiger partial charge on any atom is 0.385 e. The predicted octanol–water partition coefficient (Wildman–Crippen LogP) is 5.67. The number of rotatable bonds is 7. The first-order valence-corrected chi connectivity index (χ1v) is 18.4. The van der Waals surface area contributed by atoms with Gasteiger partial charge >= 0.3 is 13.6 Å². The summed E-state index contributed by atoms with van der Waals surface area (Å²) in [5, 5.41) is 0. The molecule has 1 N–H and O–H groups in total. The molecule has 0 radical (unpaired) electrons. The van der Waals surface area contributed by atoms with E-state index in [4.69, 9.17) is 9.26 Å². The molecule has 0 spiro atoms. The normalized spacial score (nSPS) is 33.9. The van der Waals surface area contributed by atoms with Crippen molar-refractivity contribution in [3.05, 3.63) is 70.5 Å². The van der Waals surface area contributed by atoms with Crippen molar-refractivity contribution in [3.8, 4) is 0 Å². The standard InChI is InChI=1S/C35H42N3O6P/c39-34-33(45(41,42)44-21-43-35(40)23-8-2-1-3-9-23)36-30-12-6-7-13-31(30)38(34)32-19-27-11-5-4-10-24(32)20-37(27)28-15-22-14-25-17-26(18-28)29(25)16-22/h1-3,6-9,12-13,22,24-29,32H,4-5,10-11,14-21H2,(H,41,42). The van der Waals surface area contributed by atoms with Gasteiger partial charge in [-0.05, 0) is 105 Å². The van der Waals surface area contributed by atoms with Gasteiger partial charge in [-0.2, -0.15) is 0 Å². The first-order valence-electron chi connectivity index (χ1n) is 16.8. The van der Waals surface area contributed by atoms with Gasteiger partial charge in [-0.3, -0.25) is 18.8 Å². The minimum Gasteiger partial charge on any atom is -0.434 e. The minimum absolute atomic E-state index is 0.100. The molecule has 4 aliphatic carbocycles. The minimum atomic E-state index is -4.73. The van der Waals surface area contributed by atoms with Crippen molar-refractivity contribution in [2.75, 3.05) is 13.3 Å². The van der Waals surface area contributed by atoms with Gasteiger partial charge in [-0.25, -0.2) is 9.78 Å². The third-order valence-electron chi connectivity index (χ3n) is 11.8. The Morgan fingerprint density at radius 2 is 1.67 bits per heavy atom. The van der Waals surface area contributed by atoms with Gasteiger partial charge in [-0.15, -0.1) is 0 Å². The highest BCUT2D eigenvalue weighted by Crippen LogP contribution is 2.59. The van der Waals surface area contributed by atoms with E-state index in [0.29, 0.717) is 28.7 Å². The van der Waals surface area contributed by atoms with Crippen LogP contribution < -0.4 is 11.0 Å². The molecule has 2 aromatic carbocycles. The van der Waals surface area contributed by atoms with Gasteiger partial charge < -0.3 is 14.2 Å². The largest absolute Gasteiger partial charge is 0.434 e. The summed E-state index contributed by atoms with van der Waals surface area (Å²) in [7, 11) is -4.73. The Bertz CT molecular complexity index is 1690. The van der Waals surface area contributed by atoms with Crippen molar-refractivity contribution in [2.24, 2.45) is 29.6 Å². The summed E-state index contributed by atoms with van der Waals surface area (Å²) in [6.45, 7) is 0.193. The molecule has 9 atom stereocenters. The van der Waals surface area contributed by atoms with Crippen molar-refractivity contribution < 1.29 is 23.5 Å². The van der Waals surface area contributed by atoms with Crippen LogP contribution in [0.3, 0.4) is 0 Å². The lowest BCUT2D eigenvalue weighted by atomic mass is 9.64. The number of piperidine rings is 1. The van der Waals surface area contributed by atoms with Crippen LogP contribution in [0.4, 0.5) is 0 Å². The maximum atomic E-state index is 14.3. The van der Waals surface area contributed by atoms with Crippen LogP contribution in [0.5, 0.6) is 0 Å². The zero-order valence-electron chi connectivity index (χ0n) is 25.6. The molecule has 4 bridgehead atoms. The quantitative estimate of drug-likeness (QED) is 0.202. The summed E-state index contributed by atoms with van der Waals surface area (Å²) in [5.41, 5.74) is 0.328. The SMILES string of the molecule is O=C(OCOP(=O)(O)c1nc2ccccc2n(C2CC3CCCCC2CN3C2CC3CC4CC(C2)C4C3)c1=O)c1ccccc1. The van der Waals surface area contributed by atoms with Gasteiger partial charge in [0.2, 0.25) is 12.2 Å². The Morgan fingerprint density at radius 1 is 0.889 bits per heavy atom. The number of hydrogen-bond donors (Lipinski definition) is 1. The van der Waals surface area contributed by atoms with Gasteiger partial charge in [0.15, 0.2) is 0 Å². The van der Waals surface area contributed by atoms with Crippen LogP contribution >= 0.6 is 7.60 Å². The Kier molecular flexibility index (Phi) is 7.72. The number of benzene rings is 2. The van der Waals surface area contributed by atoms with E-state index in [1.165, 1.54) is 38.5 Å². The molecule has 4 saturated carbocycles. The first kappa shape index (κ1) is 29.6. The second kappa shape index (κ2) is 11.8. The Labute approximate surface area is 263 Å². The lowest BCUT2D eigenvalue weighted by molar-refractivity contribution is -0.0196. The molecule has 9 rings (SSSR count). The number of carbonyl (C=O) groups excluding carboxylic acids is 1. The van der Waals surface area contributed by atoms with Gasteiger partial charge in [0, 0.05) is 24.7 Å². The Morgan fingerprint density at radius 3 is 2.53 bits per heavy atom. The van der Waals surface area contributed by atoms with Crippen LogP contribution in [0.15, 0.2) is 59.4 Å². The molecule has 6 aliphatic rings. The molecule has 3 heterocycles. The van der Waals surface area contributed by atoms with E-state index >= 15 is 0 Å². The molecular formula is C35H42N3O6P. The summed E-state index contributed by atoms with van der Waals surface area (Å²) in [6, 6.07) is 16.6. The van der Waals surface area contributed by atoms with Crippen LogP contribution in [0.1, 0.15) is 80.6 Å². The smallest absolute Gasteiger partial charge is 0.385 e. The number of carbonyl (C=O) groups is 1. The van der Waals surface area contributed by atoms with Gasteiger partial charge in [-0.1, -0.05) is 43.2 Å². The van der Waals surface area contributed by atoms with Crippen LogP contribution in [0, 0.1) is 29.6 Å². The number of fused-ring (bicyclic) bond motifs is 7. The van der Waals surface area contributed by atoms with Gasteiger partial charge in [0.1, 0.15) is 0 Å². The monoisotopic (exact) mass is 631 g/mol. The highest BCUT2D eigenvalue weighted by molar-refractivity contribution is 7.60. The van der Waals surface area contributed by atoms with Crippen molar-refractivity contribution in [3.63, 3.8) is 0 Å². The van der Waals surface area contributed by atoms with Gasteiger partial charge in [0.25, 0.3) is 5.56 Å². The van der Waals surface area contributed by atoms with Crippen molar-refractivity contribution in [1.82, 2.24) is 14.5 Å². The Hall–Kier alpha value is -2.84. The molecule has 2 aliphatic heterocycles. The molecule has 238 valence electrons. The average molecular weight is 632 g/mol. The first-order chi connectivity index (χ1) is 21.9. The zero-order chi connectivity index (χ0) is 30.7. The fraction of sp³-hybridized carbons (Fsp3) is 0.571. The van der Waals surface area contributed by atoms with Crippen LogP contribution in [-0.4, -0.2) is 50.7 Å². The molecule has 9 unspecified atom stereocenters. The fourth-order valence-corrected chi connectivity index (χ4v) is 10.7. The summed E-state index contributed by atoms with van der Waals surface area (Å²) in [4.78, 5) is 44.9. The van der Waals surface area contributed by atoms with Gasteiger partial charge in [0.05, 0.1) is 16.6 Å². The summed E-state index contributed by atoms with van der Waals surface area (Å²) in [5.74, 6) is 3.31. The highest BCUT2D eigenvalue weighted by atomic mass is 31.2. The van der Waals surface area contributed by atoms with E-state index < -0.39 is 31.4 Å². The van der Waals surface area contributed by atoms with E-state index in [9.17, 15) is 19.0 Å². The topological polar surface area (TPSA) is 111 Å². The third-order valence-corrected chi connectivity index (χ3v) is 13.1. The number of para-hydroxylation sites is 2. The number of hydrogen-bond acceptors (Lipinski definition) is 7. The van der Waals surface area contributed by atoms with Crippen LogP contribution in [0.25, 0.3) is 11.0 Å². The van der Waals surface area contributed by atoms with Crippen molar-refractivity contribution in [1.29, 1.82) is 0 Å². The number of ether oxygens (including phenoxy) is 1. The van der Waals surface area contributed by atoms with Crippen molar-refractivity contribution >= 4 is 30.0 Å². The van der Waals surface area contributed by atoms with Crippen molar-refractivity contribution in [2.45, 2.75) is 82.3 Å². The Balaban J connectivity index is 1.08. The number of esters is 1. The summed E-state index contributed by atoms with van der Waals surface area (Å²) >= 11 is 0. The van der Waals surface area contributed by atoms with Crippen LogP contribution in [0.2, 0.25) is 0 Å². The third kappa shape index (κ3) is 5.40. The highest BCUT2D eigenvalue weighted by Gasteiger charge is 2.52. The van der Waals surface area contributed by atoms with Crippen LogP contribution in [-0.2, 0) is 13.8 Å². The molecule has 10 heteroatoms. The molecule has 1 aromatic heterocycles. The summed E-state index contributed by atoms with van der Waals surface area (Å²) < 4.78 is 25.6. The molecule has 0 amide bonds. The zero-order valence-corrected chi connectivity index (χ0v) is 26.5. The second-order valence-corrected chi connectivity index (χ2v) is 16.0. The molecule has 6 fully saturated rings. The molecule has 2 saturated heterocycles. The van der Waals surface area contributed by atoms with E-state index in [2.05, 4.69) is 9.88 Å². The number of aromatic nitrogens is 2. The molecule has 3 aromatic rings. The predicted molar refractivity (Wildman–Crippen MR) is 170 cm³/mol. The van der Waals surface area contributed by atoms with E-state index in [1.54, 1.807) is 41.0 Å². The molecular weight excluding hydrogens is 589 g/mol. The summed E-state index contributed by atoms with van der Waals surface area (Å²) in [6.07, 6.45) is 12.3. The molecule has 9 nitrogen and oxygen atoms in total. The fourth-order valence-electron chi connectivity index (χ4n) is 9.85. The van der Waals surface area contributed by atoms with E-state index in [1.807, 2.05) is 18.2 Å². The lowest BCUT2D eigenvalue weighted by Crippen LogP contribution is -2.56. The lowest BCUT2D eigenvalue weighted by Gasteiger charge is -2.52. The molecule has 45 heavy (non-hydrogen) atoms.